The lowest BCUT2D eigenvalue weighted by Gasteiger charge is -2.29. The monoisotopic (exact) mass is 347 g/mol. The second kappa shape index (κ2) is 9.99. The molecule has 1 aliphatic rings. The topological polar surface area (TPSA) is 40.5 Å². The van der Waals surface area contributed by atoms with Gasteiger partial charge in [-0.15, -0.1) is 0 Å². The molecule has 1 aromatic carbocycles. The first-order valence-electron chi connectivity index (χ1n) is 8.31. The van der Waals surface area contributed by atoms with Crippen molar-refractivity contribution in [1.82, 2.24) is 4.90 Å². The number of likely N-dealkylation sites (tertiary alicyclic amines) is 1. The maximum atomic E-state index is 12.2. The summed E-state index contributed by atoms with van der Waals surface area (Å²) in [4.78, 5) is 14.1. The number of aliphatic hydroxyl groups excluding tert-OH is 1. The highest BCUT2D eigenvalue weighted by molar-refractivity contribution is 6.30. The highest BCUT2D eigenvalue weighted by Gasteiger charge is 2.30. The first kappa shape index (κ1) is 20.0. The van der Waals surface area contributed by atoms with E-state index in [1.165, 1.54) is 6.08 Å². The van der Waals surface area contributed by atoms with Gasteiger partial charge in [0.1, 0.15) is 5.76 Å². The third-order valence-corrected chi connectivity index (χ3v) is 3.99. The van der Waals surface area contributed by atoms with Gasteiger partial charge in [0.25, 0.3) is 0 Å². The highest BCUT2D eigenvalue weighted by atomic mass is 35.5. The van der Waals surface area contributed by atoms with Crippen LogP contribution in [0.15, 0.2) is 60.4 Å². The molecule has 0 bridgehead atoms. The smallest absolute Gasteiger partial charge is 0.223 e. The molecule has 0 aliphatic carbocycles. The van der Waals surface area contributed by atoms with E-state index in [0.29, 0.717) is 18.0 Å². The average molecular weight is 348 g/mol. The number of carbonyl (C=O) groups excluding carboxylic acids is 1. The molecule has 0 radical (unpaired) electrons. The number of aliphatic hydroxyl groups is 1. The fourth-order valence-electron chi connectivity index (χ4n) is 2.72. The molecule has 4 heteroatoms. The van der Waals surface area contributed by atoms with Gasteiger partial charge in [0.15, 0.2) is 0 Å². The van der Waals surface area contributed by atoms with Gasteiger partial charge >= 0.3 is 0 Å². The van der Waals surface area contributed by atoms with Gasteiger partial charge < -0.3 is 10.0 Å². The molecule has 1 aliphatic heterocycles. The molecule has 1 unspecified atom stereocenters. The van der Waals surface area contributed by atoms with Crippen molar-refractivity contribution in [3.8, 4) is 0 Å². The summed E-state index contributed by atoms with van der Waals surface area (Å²) in [6.07, 6.45) is 6.33. The Hall–Kier alpha value is -2.00. The minimum Gasteiger partial charge on any atom is -0.508 e. The van der Waals surface area contributed by atoms with Crippen LogP contribution < -0.4 is 0 Å². The fraction of sp³-hybridized carbons (Fsp3) is 0.350. The summed E-state index contributed by atoms with van der Waals surface area (Å²) in [7, 11) is 0. The van der Waals surface area contributed by atoms with Crippen LogP contribution >= 0.6 is 11.6 Å². The Labute approximate surface area is 149 Å². The summed E-state index contributed by atoms with van der Waals surface area (Å²) in [5.74, 6) is 0.197. The quantitative estimate of drug-likeness (QED) is 0.556. The Kier molecular flexibility index (Phi) is 8.34. The van der Waals surface area contributed by atoms with Crippen LogP contribution in [0.5, 0.6) is 0 Å². The van der Waals surface area contributed by atoms with Crippen molar-refractivity contribution in [2.24, 2.45) is 0 Å². The van der Waals surface area contributed by atoms with Gasteiger partial charge in [-0.25, -0.2) is 0 Å². The zero-order valence-electron chi connectivity index (χ0n) is 14.6. The molecule has 130 valence electrons. The van der Waals surface area contributed by atoms with Crippen molar-refractivity contribution in [3.63, 3.8) is 0 Å². The zero-order valence-corrected chi connectivity index (χ0v) is 15.4. The number of rotatable bonds is 5. The van der Waals surface area contributed by atoms with Gasteiger partial charge in [0, 0.05) is 18.0 Å². The number of hydrogen-bond donors (Lipinski definition) is 1. The average Bonchev–Trinajstić information content (AvgIpc) is 3.01. The van der Waals surface area contributed by atoms with E-state index in [1.807, 2.05) is 49.9 Å². The van der Waals surface area contributed by atoms with Gasteiger partial charge in [-0.1, -0.05) is 50.2 Å². The van der Waals surface area contributed by atoms with Crippen molar-refractivity contribution in [2.75, 3.05) is 6.54 Å². The van der Waals surface area contributed by atoms with Gasteiger partial charge in [-0.2, -0.15) is 0 Å². The summed E-state index contributed by atoms with van der Waals surface area (Å²) in [5.41, 5.74) is 1.78. The van der Waals surface area contributed by atoms with E-state index in [2.05, 4.69) is 6.58 Å². The second-order valence-electron chi connectivity index (χ2n) is 5.21. The number of halogens is 1. The molecular weight excluding hydrogens is 322 g/mol. The molecule has 1 heterocycles. The van der Waals surface area contributed by atoms with E-state index in [4.69, 9.17) is 11.6 Å². The maximum Gasteiger partial charge on any atom is 0.223 e. The summed E-state index contributed by atoms with van der Waals surface area (Å²) < 4.78 is 0. The Morgan fingerprint density at radius 2 is 2.12 bits per heavy atom. The van der Waals surface area contributed by atoms with Crippen LogP contribution in [0.4, 0.5) is 0 Å². The predicted octanol–water partition coefficient (Wildman–Crippen LogP) is 5.60. The Balaban J connectivity index is 0.00000139. The molecule has 1 aromatic rings. The van der Waals surface area contributed by atoms with Gasteiger partial charge in [0.2, 0.25) is 5.91 Å². The molecule has 0 saturated carbocycles. The van der Waals surface area contributed by atoms with E-state index in [1.54, 1.807) is 12.1 Å². The van der Waals surface area contributed by atoms with Gasteiger partial charge in [0.05, 0.1) is 6.04 Å². The minimum absolute atomic E-state index is 0.0757. The number of allylic oxidation sites excluding steroid dienone is 2. The van der Waals surface area contributed by atoms with Crippen molar-refractivity contribution in [2.45, 2.75) is 39.7 Å². The van der Waals surface area contributed by atoms with E-state index in [-0.39, 0.29) is 17.7 Å². The maximum absolute atomic E-state index is 12.2. The van der Waals surface area contributed by atoms with Gasteiger partial charge in [-0.05, 0) is 48.8 Å². The molecule has 2 rings (SSSR count). The Bertz CT molecular complexity index is 634. The number of carbonyl (C=O) groups is 1. The molecule has 1 saturated heterocycles. The van der Waals surface area contributed by atoms with Gasteiger partial charge in [-0.3, -0.25) is 4.79 Å². The molecule has 1 amide bonds. The SMILES string of the molecule is C=C/C(O)=C\C(=C/C)C(c1cccc(Cl)c1)N1CCCC1=O.CC. The second-order valence-corrected chi connectivity index (χ2v) is 5.65. The number of benzene rings is 1. The van der Waals surface area contributed by atoms with E-state index >= 15 is 0 Å². The van der Waals surface area contributed by atoms with Crippen molar-refractivity contribution >= 4 is 17.5 Å². The van der Waals surface area contributed by atoms with Crippen LogP contribution in [-0.2, 0) is 4.79 Å². The molecule has 1 N–H and O–H groups in total. The van der Waals surface area contributed by atoms with E-state index in [9.17, 15) is 9.90 Å². The van der Waals surface area contributed by atoms with E-state index in [0.717, 1.165) is 17.6 Å². The zero-order chi connectivity index (χ0) is 18.1. The molecular formula is C20H26ClNO2. The minimum atomic E-state index is -0.249. The fourth-order valence-corrected chi connectivity index (χ4v) is 2.92. The van der Waals surface area contributed by atoms with Crippen molar-refractivity contribution < 1.29 is 9.90 Å². The molecule has 24 heavy (non-hydrogen) atoms. The third kappa shape index (κ3) is 5.00. The number of nitrogens with zero attached hydrogens (tertiary/aromatic N) is 1. The molecule has 0 aromatic heterocycles. The van der Waals surface area contributed by atoms with Crippen LogP contribution in [0.1, 0.15) is 45.2 Å². The normalized spacial score (nSPS) is 16.5. The summed E-state index contributed by atoms with van der Waals surface area (Å²) in [6.45, 7) is 10.2. The lowest BCUT2D eigenvalue weighted by molar-refractivity contribution is -0.129. The number of amides is 1. The Morgan fingerprint density at radius 1 is 1.42 bits per heavy atom. The van der Waals surface area contributed by atoms with Crippen molar-refractivity contribution in [3.05, 3.63) is 71.0 Å². The molecule has 1 fully saturated rings. The van der Waals surface area contributed by atoms with Crippen LogP contribution in [0.2, 0.25) is 5.02 Å². The van der Waals surface area contributed by atoms with Crippen LogP contribution in [-0.4, -0.2) is 22.5 Å². The third-order valence-electron chi connectivity index (χ3n) is 3.76. The first-order chi connectivity index (χ1) is 11.6. The van der Waals surface area contributed by atoms with Crippen LogP contribution in [0.3, 0.4) is 0 Å². The number of hydrogen-bond acceptors (Lipinski definition) is 2. The van der Waals surface area contributed by atoms with E-state index < -0.39 is 0 Å². The summed E-state index contributed by atoms with van der Waals surface area (Å²) in [6, 6.07) is 7.24. The lowest BCUT2D eigenvalue weighted by atomic mass is 9.96. The molecule has 3 nitrogen and oxygen atoms in total. The lowest BCUT2D eigenvalue weighted by Crippen LogP contribution is -2.31. The summed E-state index contributed by atoms with van der Waals surface area (Å²) in [5, 5.41) is 10.4. The van der Waals surface area contributed by atoms with Crippen molar-refractivity contribution in [1.29, 1.82) is 0 Å². The standard InChI is InChI=1S/C18H20ClNO2.C2H6/c1-3-13(12-16(21)4-2)18(20-10-6-9-17(20)22)14-7-5-8-15(19)11-14;1-2/h3-5,7-8,11-12,18,21H,2,6,9-10H2,1H3;1-2H3/b13-3+,16-12+;. The first-order valence-corrected chi connectivity index (χ1v) is 8.69. The molecule has 1 atom stereocenters. The largest absolute Gasteiger partial charge is 0.508 e. The predicted molar refractivity (Wildman–Crippen MR) is 101 cm³/mol. The highest BCUT2D eigenvalue weighted by Crippen LogP contribution is 2.34. The van der Waals surface area contributed by atoms with Crippen LogP contribution in [0, 0.1) is 0 Å². The molecule has 0 spiro atoms. The summed E-state index contributed by atoms with van der Waals surface area (Å²) >= 11 is 6.11. The Morgan fingerprint density at radius 3 is 2.62 bits per heavy atom. The van der Waals surface area contributed by atoms with Crippen LogP contribution in [0.25, 0.3) is 0 Å².